The summed E-state index contributed by atoms with van der Waals surface area (Å²) in [6.07, 6.45) is 4.60. The number of carbonyl (C=O) groups is 2. The quantitative estimate of drug-likeness (QED) is 0.196. The minimum atomic E-state index is -2.79. The second-order valence-electron chi connectivity index (χ2n) is 12.9. The van der Waals surface area contributed by atoms with E-state index in [0.717, 1.165) is 12.8 Å². The first-order valence-corrected chi connectivity index (χ1v) is 15.4. The van der Waals surface area contributed by atoms with Gasteiger partial charge in [-0.1, -0.05) is 62.7 Å². The molecule has 1 aliphatic heterocycles. The second kappa shape index (κ2) is 12.2. The number of benzene rings is 2. The van der Waals surface area contributed by atoms with E-state index in [1.54, 1.807) is 47.1 Å². The molecule has 0 spiro atoms. The number of guanidine groups is 1. The Labute approximate surface area is 273 Å². The minimum absolute atomic E-state index is 0.212. The smallest absolute Gasteiger partial charge is 0.434 e. The van der Waals surface area contributed by atoms with Crippen molar-refractivity contribution in [2.75, 3.05) is 6.61 Å². The third kappa shape index (κ3) is 6.22. The molecule has 3 heterocycles. The van der Waals surface area contributed by atoms with Gasteiger partial charge in [-0.3, -0.25) is 9.69 Å². The Hall–Kier alpha value is -4.69. The zero-order valence-electron chi connectivity index (χ0n) is 25.8. The number of carboxylic acid groups (broad SMARTS) is 1. The van der Waals surface area contributed by atoms with Gasteiger partial charge < -0.3 is 15.5 Å². The zero-order valence-corrected chi connectivity index (χ0v) is 26.6. The number of halogens is 3. The molecule has 12 nitrogen and oxygen atoms in total. The van der Waals surface area contributed by atoms with Gasteiger partial charge in [-0.15, -0.1) is 4.99 Å². The van der Waals surface area contributed by atoms with Gasteiger partial charge >= 0.3 is 12.6 Å². The summed E-state index contributed by atoms with van der Waals surface area (Å²) in [5, 5.41) is 32.1. The number of nitrogens with zero attached hydrogens (tertiary/aromatic N) is 7. The summed E-state index contributed by atoms with van der Waals surface area (Å²) in [5.41, 5.74) is 0.618. The maximum Gasteiger partial charge on any atom is 0.434 e. The lowest BCUT2D eigenvalue weighted by Gasteiger charge is -2.35. The lowest BCUT2D eigenvalue weighted by atomic mass is 9.75. The first-order chi connectivity index (χ1) is 22.3. The Kier molecular flexibility index (Phi) is 8.34. The molecule has 1 saturated heterocycles. The number of hydrogen-bond acceptors (Lipinski definition) is 6. The second-order valence-corrected chi connectivity index (χ2v) is 13.3. The molecule has 246 valence electrons. The standard InChI is InChI=1S/C32H33ClF2N8O4/c1-31(2,3)16-32(21-7-4-18(5-8-21)20-13-37-41(14-20)28(34)35)27(45)42(29(40-32)39-30(46)47)25(15-44)19-6-11-24(33)23(12-19)26-36-17-38-43(26)22-9-10-22/h4-8,11-14,17,22,25,28,44H,9-10,15-16H2,1-3H3,(H,39,40)(H,46,47)/t25?,32-/m1/s1. The number of hydrogen-bond donors (Lipinski definition) is 3. The van der Waals surface area contributed by atoms with Gasteiger partial charge in [-0.05, 0) is 53.5 Å². The molecule has 2 aromatic carbocycles. The van der Waals surface area contributed by atoms with E-state index in [9.17, 15) is 28.6 Å². The lowest BCUT2D eigenvalue weighted by Crippen LogP contribution is -2.47. The molecule has 1 saturated carbocycles. The number of amides is 2. The van der Waals surface area contributed by atoms with Crippen LogP contribution in [0.1, 0.15) is 69.8 Å². The molecule has 2 amide bonds. The van der Waals surface area contributed by atoms with Crippen LogP contribution in [0.5, 0.6) is 0 Å². The van der Waals surface area contributed by atoms with E-state index in [1.165, 1.54) is 23.6 Å². The third-order valence-electron chi connectivity index (χ3n) is 8.21. The monoisotopic (exact) mass is 666 g/mol. The number of rotatable bonds is 9. The summed E-state index contributed by atoms with van der Waals surface area (Å²) < 4.78 is 28.6. The number of nitrogens with one attached hydrogen (secondary N) is 1. The van der Waals surface area contributed by atoms with E-state index in [4.69, 9.17) is 11.6 Å². The van der Waals surface area contributed by atoms with E-state index in [-0.39, 0.29) is 18.4 Å². The first kappa shape index (κ1) is 32.3. The maximum atomic E-state index is 14.8. The van der Waals surface area contributed by atoms with E-state index >= 15 is 0 Å². The summed E-state index contributed by atoms with van der Waals surface area (Å²) in [7, 11) is 0. The molecule has 47 heavy (non-hydrogen) atoms. The van der Waals surface area contributed by atoms with E-state index in [2.05, 4.69) is 25.5 Å². The van der Waals surface area contributed by atoms with Crippen LogP contribution in [0.2, 0.25) is 5.02 Å². The van der Waals surface area contributed by atoms with Crippen molar-refractivity contribution < 1.29 is 28.6 Å². The number of alkyl halides is 2. The van der Waals surface area contributed by atoms with Gasteiger partial charge in [-0.2, -0.15) is 19.0 Å². The number of aliphatic imine (C=N–C) groups is 1. The van der Waals surface area contributed by atoms with Gasteiger partial charge in [0.2, 0.25) is 5.96 Å². The molecular weight excluding hydrogens is 634 g/mol. The van der Waals surface area contributed by atoms with Crippen LogP contribution in [0.15, 0.2) is 66.2 Å². The van der Waals surface area contributed by atoms with Crippen LogP contribution >= 0.6 is 11.6 Å². The van der Waals surface area contributed by atoms with Crippen molar-refractivity contribution in [2.24, 2.45) is 10.4 Å². The predicted molar refractivity (Wildman–Crippen MR) is 169 cm³/mol. The van der Waals surface area contributed by atoms with Crippen molar-refractivity contribution in [3.05, 3.63) is 77.3 Å². The van der Waals surface area contributed by atoms with Crippen molar-refractivity contribution >= 4 is 29.6 Å². The SMILES string of the molecule is CC(C)(C)C[C@]1(c2ccc(-c3cnn(C(F)F)c3)cc2)NC(=NC(=O)O)N(C(CO)c2ccc(Cl)c(-c3ncnn3C3CC3)c2)C1=O. The number of carbonyl (C=O) groups excluding carboxylic acids is 1. The van der Waals surface area contributed by atoms with Crippen molar-refractivity contribution in [2.45, 2.75) is 64.2 Å². The topological polar surface area (TPSA) is 151 Å². The lowest BCUT2D eigenvalue weighted by molar-refractivity contribution is -0.134. The van der Waals surface area contributed by atoms with E-state index < -0.39 is 42.2 Å². The summed E-state index contributed by atoms with van der Waals surface area (Å²) in [6, 6.07) is 10.9. The summed E-state index contributed by atoms with van der Waals surface area (Å²) in [5.74, 6) is -0.226. The molecule has 4 aromatic rings. The van der Waals surface area contributed by atoms with Crippen LogP contribution in [0.25, 0.3) is 22.5 Å². The maximum absolute atomic E-state index is 14.8. The Bertz CT molecular complexity index is 1850. The van der Waals surface area contributed by atoms with Gasteiger partial charge in [-0.25, -0.2) is 19.1 Å². The number of aliphatic hydroxyl groups excluding tert-OH is 1. The highest BCUT2D eigenvalue weighted by molar-refractivity contribution is 6.33. The molecule has 15 heteroatoms. The average Bonchev–Trinajstić information content (AvgIpc) is 3.41. The molecule has 1 aliphatic carbocycles. The largest absolute Gasteiger partial charge is 0.463 e. The zero-order chi connectivity index (χ0) is 33.7. The van der Waals surface area contributed by atoms with Crippen LogP contribution in [0.4, 0.5) is 13.6 Å². The summed E-state index contributed by atoms with van der Waals surface area (Å²) >= 11 is 6.61. The highest BCUT2D eigenvalue weighted by atomic mass is 35.5. The van der Waals surface area contributed by atoms with E-state index in [0.29, 0.717) is 43.3 Å². The van der Waals surface area contributed by atoms with Gasteiger partial charge in [0, 0.05) is 17.3 Å². The third-order valence-corrected chi connectivity index (χ3v) is 8.54. The Balaban J connectivity index is 1.43. The van der Waals surface area contributed by atoms with Crippen molar-refractivity contribution in [3.8, 4) is 22.5 Å². The van der Waals surface area contributed by atoms with E-state index in [1.807, 2.05) is 20.8 Å². The highest BCUT2D eigenvalue weighted by Crippen LogP contribution is 2.44. The molecule has 2 aliphatic rings. The highest BCUT2D eigenvalue weighted by Gasteiger charge is 2.55. The van der Waals surface area contributed by atoms with Crippen LogP contribution in [0, 0.1) is 5.41 Å². The van der Waals surface area contributed by atoms with Crippen LogP contribution < -0.4 is 5.32 Å². The fourth-order valence-electron chi connectivity index (χ4n) is 6.11. The minimum Gasteiger partial charge on any atom is -0.463 e. The summed E-state index contributed by atoms with van der Waals surface area (Å²) in [6.45, 7) is 2.47. The number of aromatic nitrogens is 5. The molecule has 3 N–H and O–H groups in total. The molecule has 0 radical (unpaired) electrons. The van der Waals surface area contributed by atoms with Crippen LogP contribution in [-0.2, 0) is 10.3 Å². The van der Waals surface area contributed by atoms with Gasteiger partial charge in [0.1, 0.15) is 11.9 Å². The van der Waals surface area contributed by atoms with Crippen molar-refractivity contribution in [3.63, 3.8) is 0 Å². The van der Waals surface area contributed by atoms with Crippen molar-refractivity contribution in [1.29, 1.82) is 0 Å². The fraction of sp³-hybridized carbons (Fsp3) is 0.375. The van der Waals surface area contributed by atoms with Gasteiger partial charge in [0.15, 0.2) is 5.82 Å². The molecule has 0 bridgehead atoms. The Morgan fingerprint density at radius 3 is 2.47 bits per heavy atom. The first-order valence-electron chi connectivity index (χ1n) is 15.0. The average molecular weight is 667 g/mol. The van der Waals surface area contributed by atoms with Gasteiger partial charge in [0.05, 0.1) is 29.9 Å². The number of aliphatic hydroxyl groups is 1. The van der Waals surface area contributed by atoms with Gasteiger partial charge in [0.25, 0.3) is 5.91 Å². The molecule has 2 atom stereocenters. The Morgan fingerprint density at radius 1 is 1.15 bits per heavy atom. The molecular formula is C32H33ClF2N8O4. The molecule has 1 unspecified atom stereocenters. The van der Waals surface area contributed by atoms with Crippen molar-refractivity contribution in [1.82, 2.24) is 34.8 Å². The van der Waals surface area contributed by atoms with Crippen LogP contribution in [0.3, 0.4) is 0 Å². The Morgan fingerprint density at radius 2 is 1.87 bits per heavy atom. The normalized spacial score (nSPS) is 19.9. The van der Waals surface area contributed by atoms with Crippen LogP contribution in [-0.4, -0.2) is 64.2 Å². The molecule has 2 fully saturated rings. The molecule has 2 aromatic heterocycles. The fourth-order valence-corrected chi connectivity index (χ4v) is 6.31. The molecule has 6 rings (SSSR count). The predicted octanol–water partition coefficient (Wildman–Crippen LogP) is 6.02. The summed E-state index contributed by atoms with van der Waals surface area (Å²) in [4.78, 5) is 36.1.